The van der Waals surface area contributed by atoms with Crippen LogP contribution in [0, 0.1) is 0 Å². The number of hydrogen-bond donors (Lipinski definition) is 0. The van der Waals surface area contributed by atoms with Crippen LogP contribution in [-0.2, 0) is 5.41 Å². The lowest BCUT2D eigenvalue weighted by molar-refractivity contribution is 0.660. The topological polar surface area (TPSA) is 16.4 Å². The molecular weight excluding hydrogens is 643 g/mol. The van der Waals surface area contributed by atoms with Crippen molar-refractivity contribution in [3.05, 3.63) is 199 Å². The Kier molecular flexibility index (Phi) is 7.19. The van der Waals surface area contributed by atoms with Gasteiger partial charge in [-0.15, -0.1) is 0 Å². The van der Waals surface area contributed by atoms with Gasteiger partial charge in [0.2, 0.25) is 0 Å². The number of furan rings is 1. The summed E-state index contributed by atoms with van der Waals surface area (Å²) in [6.07, 6.45) is 0. The van der Waals surface area contributed by atoms with Gasteiger partial charge >= 0.3 is 0 Å². The van der Waals surface area contributed by atoms with E-state index in [1.807, 2.05) is 6.07 Å². The van der Waals surface area contributed by atoms with Gasteiger partial charge in [-0.3, -0.25) is 0 Å². The van der Waals surface area contributed by atoms with Crippen LogP contribution in [0.15, 0.2) is 192 Å². The highest BCUT2D eigenvalue weighted by Crippen LogP contribution is 2.50. The maximum atomic E-state index is 6.47. The van der Waals surface area contributed by atoms with Crippen molar-refractivity contribution < 1.29 is 4.42 Å². The number of nitrogens with zero attached hydrogens (tertiary/aromatic N) is 1. The molecule has 0 amide bonds. The van der Waals surface area contributed by atoms with E-state index >= 15 is 0 Å². The summed E-state index contributed by atoms with van der Waals surface area (Å²) < 4.78 is 6.47. The number of hydrogen-bond acceptors (Lipinski definition) is 2. The molecule has 0 saturated carbocycles. The van der Waals surface area contributed by atoms with Crippen LogP contribution < -0.4 is 4.90 Å². The molecule has 10 rings (SSSR count). The normalized spacial score (nSPS) is 12.9. The van der Waals surface area contributed by atoms with E-state index in [2.05, 4.69) is 201 Å². The molecule has 1 aromatic heterocycles. The molecule has 0 aliphatic heterocycles. The third-order valence-corrected chi connectivity index (χ3v) is 11.1. The molecular formula is C51H37NO. The Labute approximate surface area is 310 Å². The minimum absolute atomic E-state index is 0.0909. The number of rotatable bonds is 6. The third-order valence-electron chi connectivity index (χ3n) is 11.1. The fourth-order valence-corrected chi connectivity index (χ4v) is 8.34. The molecule has 0 atom stereocenters. The quantitative estimate of drug-likeness (QED) is 0.174. The molecule has 0 unspecified atom stereocenters. The van der Waals surface area contributed by atoms with Gasteiger partial charge in [-0.05, 0) is 98.6 Å². The molecule has 0 bridgehead atoms. The van der Waals surface area contributed by atoms with E-state index in [1.54, 1.807) is 0 Å². The van der Waals surface area contributed by atoms with Gasteiger partial charge in [0, 0.05) is 38.8 Å². The van der Waals surface area contributed by atoms with Crippen LogP contribution >= 0.6 is 0 Å². The molecule has 9 aromatic rings. The number of benzene rings is 8. The molecule has 2 heteroatoms. The van der Waals surface area contributed by atoms with Gasteiger partial charge in [-0.25, -0.2) is 0 Å². The molecule has 1 aliphatic carbocycles. The summed E-state index contributed by atoms with van der Waals surface area (Å²) in [4.78, 5) is 2.38. The van der Waals surface area contributed by atoms with Crippen molar-refractivity contribution in [2.24, 2.45) is 0 Å². The van der Waals surface area contributed by atoms with Gasteiger partial charge in [0.15, 0.2) is 0 Å². The molecule has 53 heavy (non-hydrogen) atoms. The zero-order valence-corrected chi connectivity index (χ0v) is 29.8. The van der Waals surface area contributed by atoms with Crippen LogP contribution in [0.2, 0.25) is 0 Å². The first kappa shape index (κ1) is 31.1. The maximum Gasteiger partial charge on any atom is 0.143 e. The van der Waals surface area contributed by atoms with Crippen LogP contribution in [0.3, 0.4) is 0 Å². The average Bonchev–Trinajstić information content (AvgIpc) is 3.70. The predicted octanol–water partition coefficient (Wildman–Crippen LogP) is 14.4. The van der Waals surface area contributed by atoms with Crippen LogP contribution in [0.5, 0.6) is 0 Å². The summed E-state index contributed by atoms with van der Waals surface area (Å²) in [5.41, 5.74) is 17.5. The molecule has 0 spiro atoms. The zero-order valence-electron chi connectivity index (χ0n) is 29.8. The van der Waals surface area contributed by atoms with Crippen molar-refractivity contribution >= 4 is 39.0 Å². The summed E-state index contributed by atoms with van der Waals surface area (Å²) in [6.45, 7) is 4.69. The van der Waals surface area contributed by atoms with E-state index in [1.165, 1.54) is 33.4 Å². The SMILES string of the molecule is CC1(C)c2ccccc2-c2ccc(N(c3ccc(-c4ccccc4)cc3)c3ccc(-c4ccc5oc6c(-c7ccccc7)cccc6c5c4)cc3)cc21. The fraction of sp³-hybridized carbons (Fsp3) is 0.0588. The minimum Gasteiger partial charge on any atom is -0.455 e. The Morgan fingerprint density at radius 3 is 1.64 bits per heavy atom. The second kappa shape index (κ2) is 12.3. The lowest BCUT2D eigenvalue weighted by Crippen LogP contribution is -2.16. The Balaban J connectivity index is 1.05. The first-order chi connectivity index (χ1) is 26.0. The second-order valence-electron chi connectivity index (χ2n) is 14.6. The van der Waals surface area contributed by atoms with Crippen LogP contribution in [0.4, 0.5) is 17.1 Å². The summed E-state index contributed by atoms with van der Waals surface area (Å²) >= 11 is 0. The van der Waals surface area contributed by atoms with Crippen LogP contribution in [0.1, 0.15) is 25.0 Å². The van der Waals surface area contributed by atoms with Gasteiger partial charge in [-0.1, -0.05) is 153 Å². The monoisotopic (exact) mass is 679 g/mol. The van der Waals surface area contributed by atoms with E-state index in [-0.39, 0.29) is 5.41 Å². The first-order valence-corrected chi connectivity index (χ1v) is 18.3. The lowest BCUT2D eigenvalue weighted by Gasteiger charge is -2.28. The minimum atomic E-state index is -0.0909. The van der Waals surface area contributed by atoms with Crippen molar-refractivity contribution in [3.8, 4) is 44.5 Å². The highest BCUT2D eigenvalue weighted by Gasteiger charge is 2.35. The molecule has 8 aromatic carbocycles. The van der Waals surface area contributed by atoms with E-state index in [4.69, 9.17) is 4.42 Å². The van der Waals surface area contributed by atoms with Crippen LogP contribution in [-0.4, -0.2) is 0 Å². The first-order valence-electron chi connectivity index (χ1n) is 18.3. The van der Waals surface area contributed by atoms with Gasteiger partial charge in [0.1, 0.15) is 11.2 Å². The lowest BCUT2D eigenvalue weighted by atomic mass is 9.82. The Hall–Kier alpha value is -6.64. The summed E-state index contributed by atoms with van der Waals surface area (Å²) in [7, 11) is 0. The largest absolute Gasteiger partial charge is 0.455 e. The van der Waals surface area contributed by atoms with Crippen molar-refractivity contribution in [1.82, 2.24) is 0 Å². The van der Waals surface area contributed by atoms with Gasteiger partial charge in [0.05, 0.1) is 0 Å². The van der Waals surface area contributed by atoms with E-state index in [0.717, 1.165) is 61.3 Å². The fourth-order valence-electron chi connectivity index (χ4n) is 8.34. The number of para-hydroxylation sites is 1. The van der Waals surface area contributed by atoms with Crippen molar-refractivity contribution in [1.29, 1.82) is 0 Å². The second-order valence-corrected chi connectivity index (χ2v) is 14.6. The summed E-state index contributed by atoms with van der Waals surface area (Å²) in [5, 5.41) is 2.26. The van der Waals surface area contributed by atoms with E-state index in [9.17, 15) is 0 Å². The Morgan fingerprint density at radius 2 is 0.925 bits per heavy atom. The number of anilines is 3. The molecule has 252 valence electrons. The molecule has 0 N–H and O–H groups in total. The molecule has 2 nitrogen and oxygen atoms in total. The predicted molar refractivity (Wildman–Crippen MR) is 222 cm³/mol. The van der Waals surface area contributed by atoms with Crippen molar-refractivity contribution in [2.45, 2.75) is 19.3 Å². The van der Waals surface area contributed by atoms with Crippen molar-refractivity contribution in [2.75, 3.05) is 4.90 Å². The highest BCUT2D eigenvalue weighted by atomic mass is 16.3. The van der Waals surface area contributed by atoms with Crippen molar-refractivity contribution in [3.63, 3.8) is 0 Å². The molecule has 1 heterocycles. The number of fused-ring (bicyclic) bond motifs is 6. The maximum absolute atomic E-state index is 6.47. The van der Waals surface area contributed by atoms with Crippen LogP contribution in [0.25, 0.3) is 66.4 Å². The zero-order chi connectivity index (χ0) is 35.5. The average molecular weight is 680 g/mol. The van der Waals surface area contributed by atoms with Gasteiger partial charge < -0.3 is 9.32 Å². The Bertz CT molecular complexity index is 2780. The van der Waals surface area contributed by atoms with E-state index in [0.29, 0.717) is 0 Å². The van der Waals surface area contributed by atoms with Gasteiger partial charge in [0.25, 0.3) is 0 Å². The molecule has 0 radical (unpaired) electrons. The standard InChI is InChI=1S/C51H37NO/c1-51(2)47-19-10-9-16-43(47)44-30-29-41(33-48(44)51)52(39-25-20-35(21-26-39)34-12-5-3-6-13-34)40-27-22-36(23-28-40)38-24-31-49-46(32-38)45-18-11-17-42(50(45)53-49)37-14-7-4-8-15-37/h3-33H,1-2H3. The third kappa shape index (κ3) is 5.18. The van der Waals surface area contributed by atoms with E-state index < -0.39 is 0 Å². The summed E-state index contributed by atoms with van der Waals surface area (Å²) in [5.74, 6) is 0. The Morgan fingerprint density at radius 1 is 0.377 bits per heavy atom. The molecule has 0 fully saturated rings. The highest BCUT2D eigenvalue weighted by molar-refractivity contribution is 6.10. The molecule has 0 saturated heterocycles. The smallest absolute Gasteiger partial charge is 0.143 e. The summed E-state index contributed by atoms with van der Waals surface area (Å²) in [6, 6.07) is 67.8. The van der Waals surface area contributed by atoms with Gasteiger partial charge in [-0.2, -0.15) is 0 Å². The molecule has 1 aliphatic rings.